The van der Waals surface area contributed by atoms with Gasteiger partial charge in [-0.2, -0.15) is 4.98 Å². The molecular formula is C84H87Cl3N10O24S. The van der Waals surface area contributed by atoms with Crippen LogP contribution in [-0.2, 0) is 59.1 Å². The van der Waals surface area contributed by atoms with Crippen molar-refractivity contribution in [3.8, 4) is 74.1 Å². The van der Waals surface area contributed by atoms with Crippen LogP contribution in [0.25, 0.3) is 22.3 Å². The molecule has 7 amide bonds. The number of carboxylic acid groups (broad SMARTS) is 1. The van der Waals surface area contributed by atoms with E-state index >= 15 is 19.2 Å². The summed E-state index contributed by atoms with van der Waals surface area (Å²) in [6, 6.07) is 16.7. The molecule has 15 rings (SSSR count). The first-order chi connectivity index (χ1) is 57.9. The van der Waals surface area contributed by atoms with Crippen molar-refractivity contribution < 1.29 is 118 Å². The van der Waals surface area contributed by atoms with Gasteiger partial charge in [-0.25, -0.2) is 9.78 Å². The van der Waals surface area contributed by atoms with Crippen LogP contribution in [0.2, 0.25) is 15.1 Å². The molecule has 0 radical (unpaired) electrons. The number of carbonyl (C=O) groups is 8. The molecule has 38 heteroatoms. The van der Waals surface area contributed by atoms with Gasteiger partial charge in [0.15, 0.2) is 35.1 Å². The number of thioether (sulfide) groups is 1. The zero-order valence-corrected chi connectivity index (χ0v) is 68.9. The van der Waals surface area contributed by atoms with E-state index in [2.05, 4.69) is 47.2 Å². The predicted molar refractivity (Wildman–Crippen MR) is 437 cm³/mol. The normalized spacial score (nSPS) is 26.3. The lowest BCUT2D eigenvalue weighted by Gasteiger charge is -2.48. The van der Waals surface area contributed by atoms with Crippen LogP contribution in [0, 0.1) is 18.8 Å². The summed E-state index contributed by atoms with van der Waals surface area (Å²) in [7, 11) is 0. The lowest BCUT2D eigenvalue weighted by Crippen LogP contribution is -2.65. The van der Waals surface area contributed by atoms with Crippen LogP contribution in [0.1, 0.15) is 123 Å². The standard InChI is InChI=1S/C84H87Cl3N10O24S/c1-34(2)21-35(3)75(108)96-66-68(103)42-14-19-54(49(86)24-42)117-56-26-44-27-57(72(56)121-82-73(71(106)70(105)58(119-82)33-122-83-90-36(4)22-60(102)92-83)120-61-31-84(6,74(107)37(5)116-61)89-32-38-7-9-39(10-8-38)40-11-16-45(85)17-12-40)118-55-20-15-43(25-50(55)87)69(104)67-80(113)95-65(81(114)115)48-28-46(98)29-53(100)62(48)47-23-41(13-18-52(47)99)63(77(110)97-67)94-78(111)64(44)93-76(109)51(30-59(88)101)91-79(66)112/h7-20,22-29,34-35,37,51,58,61,63-71,73-74,82,89,98-100,103-107H,21,30-33H2,1-6H3,(H2,88,101)(H,91,112)(H,93,109)(H,94,111)(H,95,113)(H,96,108)(H,97,110)(H,114,115)(H,90,92,102)/t35-,37?,51-,58?,61?,63?,64+,65+,66+,67-,68+,69+,70?,71?,73?,74?,82?,84?/m0/s1. The molecule has 8 aromatic rings. The number of aliphatic hydroxyl groups excluding tert-OH is 5. The Morgan fingerprint density at radius 2 is 1.28 bits per heavy atom. The maximum atomic E-state index is 16.3. The van der Waals surface area contributed by atoms with Gasteiger partial charge in [-0.1, -0.05) is 122 Å². The highest BCUT2D eigenvalue weighted by Crippen LogP contribution is 2.50. The molecule has 0 spiro atoms. The number of aliphatic carboxylic acids is 1. The number of benzene rings is 7. The Labute approximate surface area is 715 Å². The van der Waals surface area contributed by atoms with Gasteiger partial charge < -0.3 is 122 Å². The first kappa shape index (κ1) is 88.6. The summed E-state index contributed by atoms with van der Waals surface area (Å²) in [5.74, 6) is -17.4. The molecule has 10 unspecified atom stereocenters. The zero-order valence-electron chi connectivity index (χ0n) is 65.8. The lowest BCUT2D eigenvalue weighted by molar-refractivity contribution is -0.330. The Bertz CT molecular complexity index is 5350. The first-order valence-electron chi connectivity index (χ1n) is 38.5. The summed E-state index contributed by atoms with van der Waals surface area (Å²) in [6.07, 6.45) is -18.4. The van der Waals surface area contributed by atoms with Gasteiger partial charge >= 0.3 is 5.97 Å². The molecule has 0 aliphatic carbocycles. The van der Waals surface area contributed by atoms with E-state index in [1.165, 1.54) is 18.2 Å². The third-order valence-corrected chi connectivity index (χ3v) is 23.3. The van der Waals surface area contributed by atoms with Crippen molar-refractivity contribution in [2.45, 2.75) is 176 Å². The van der Waals surface area contributed by atoms with Crippen molar-refractivity contribution in [2.75, 3.05) is 5.75 Å². The molecule has 2 saturated heterocycles. The average molecular weight is 1760 g/mol. The van der Waals surface area contributed by atoms with E-state index in [-0.39, 0.29) is 63.7 Å². The van der Waals surface area contributed by atoms with Gasteiger partial charge in [0, 0.05) is 69.7 Å². The Kier molecular flexibility index (Phi) is 26.8. The number of fused-ring (bicyclic) bond motifs is 15. The number of primary amides is 1. The highest BCUT2D eigenvalue weighted by Gasteiger charge is 2.53. The highest BCUT2D eigenvalue weighted by molar-refractivity contribution is 7.99. The number of nitrogens with one attached hydrogen (secondary N) is 7. The van der Waals surface area contributed by atoms with Crippen molar-refractivity contribution in [3.63, 3.8) is 0 Å². The van der Waals surface area contributed by atoms with E-state index in [9.17, 15) is 70.2 Å². The number of nitrogens with two attached hydrogens (primary N) is 1. The molecule has 7 aliphatic rings. The number of nitrogens with zero attached hydrogens (tertiary/aromatic N) is 2. The fraction of sp³-hybridized carbons (Fsp3) is 0.357. The van der Waals surface area contributed by atoms with Gasteiger partial charge in [0.1, 0.15) is 83.4 Å². The van der Waals surface area contributed by atoms with Crippen LogP contribution in [0.4, 0.5) is 0 Å². The van der Waals surface area contributed by atoms with Crippen molar-refractivity contribution in [1.82, 2.24) is 47.2 Å². The van der Waals surface area contributed by atoms with Crippen molar-refractivity contribution in [1.29, 1.82) is 0 Å². The number of hydrogen-bond donors (Lipinski definition) is 18. The van der Waals surface area contributed by atoms with E-state index in [1.54, 1.807) is 39.8 Å². The Balaban J connectivity index is 1.00. The predicted octanol–water partition coefficient (Wildman–Crippen LogP) is 6.91. The Morgan fingerprint density at radius 1 is 0.664 bits per heavy atom. The molecule has 18 atom stereocenters. The van der Waals surface area contributed by atoms with Gasteiger partial charge in [0.25, 0.3) is 0 Å². The molecule has 34 nitrogen and oxygen atoms in total. The average Bonchev–Trinajstić information content (AvgIpc) is 0.761. The van der Waals surface area contributed by atoms with E-state index < -0.39 is 236 Å². The summed E-state index contributed by atoms with van der Waals surface area (Å²) in [6.45, 7) is 10.3. The van der Waals surface area contributed by atoms with E-state index in [4.69, 9.17) is 69.0 Å². The molecule has 8 heterocycles. The van der Waals surface area contributed by atoms with Gasteiger partial charge in [-0.15, -0.1) is 0 Å². The minimum atomic E-state index is -2.37. The van der Waals surface area contributed by atoms with Crippen molar-refractivity contribution in [2.24, 2.45) is 17.6 Å². The number of aryl methyl sites for hydroxylation is 1. The molecule has 644 valence electrons. The molecule has 19 N–H and O–H groups in total. The van der Waals surface area contributed by atoms with E-state index in [0.29, 0.717) is 10.7 Å². The topological polar surface area (TPSA) is 530 Å². The van der Waals surface area contributed by atoms with Gasteiger partial charge in [0.05, 0.1) is 34.8 Å². The number of aromatic hydroxyl groups is 4. The van der Waals surface area contributed by atoms with Crippen LogP contribution in [0.15, 0.2) is 139 Å². The van der Waals surface area contributed by atoms with Crippen molar-refractivity contribution >= 4 is 93.9 Å². The molecule has 7 aliphatic heterocycles. The summed E-state index contributed by atoms with van der Waals surface area (Å²) in [4.78, 5) is 127. The number of carbonyl (C=O) groups excluding carboxylic acids is 7. The summed E-state index contributed by atoms with van der Waals surface area (Å²) in [5.41, 5.74) is 4.68. The minimum absolute atomic E-state index is 0.00105. The smallest absolute Gasteiger partial charge is 0.330 e. The van der Waals surface area contributed by atoms with Crippen LogP contribution < -0.4 is 57.2 Å². The van der Waals surface area contributed by atoms with Gasteiger partial charge in [0.2, 0.25) is 59.3 Å². The number of aromatic nitrogens is 2. The number of aliphatic hydroxyl groups is 5. The number of carboxylic acids is 1. The van der Waals surface area contributed by atoms with Crippen LogP contribution in [-0.4, -0.2) is 187 Å². The second-order valence-electron chi connectivity index (χ2n) is 31.0. The van der Waals surface area contributed by atoms with Gasteiger partial charge in [-0.3, -0.25) is 33.6 Å². The fourth-order valence-electron chi connectivity index (χ4n) is 15.2. The lowest BCUT2D eigenvalue weighted by atomic mass is 9.84. The number of hydrogen-bond acceptors (Lipinski definition) is 27. The second-order valence-corrected chi connectivity index (χ2v) is 33.3. The van der Waals surface area contributed by atoms with E-state index in [1.807, 2.05) is 50.2 Å². The molecule has 0 saturated carbocycles. The Hall–Kier alpha value is -11.2. The zero-order chi connectivity index (χ0) is 87.8. The second kappa shape index (κ2) is 36.9. The number of ether oxygens (including phenoxy) is 6. The summed E-state index contributed by atoms with van der Waals surface area (Å²) < 4.78 is 40.6. The first-order valence-corrected chi connectivity index (χ1v) is 40.7. The molecule has 11 bridgehead atoms. The minimum Gasteiger partial charge on any atom is -0.508 e. The molecule has 1 aromatic heterocycles. The molecular weight excluding hydrogens is 1670 g/mol. The molecule has 122 heavy (non-hydrogen) atoms. The van der Waals surface area contributed by atoms with Crippen LogP contribution >= 0.6 is 46.6 Å². The number of halogens is 3. The maximum absolute atomic E-state index is 16.3. The van der Waals surface area contributed by atoms with E-state index in [0.717, 1.165) is 95.2 Å². The molecule has 7 aromatic carbocycles. The summed E-state index contributed by atoms with van der Waals surface area (Å²) in [5, 5.41) is 136. The number of amides is 7. The van der Waals surface area contributed by atoms with Crippen molar-refractivity contribution in [3.05, 3.63) is 188 Å². The van der Waals surface area contributed by atoms with Gasteiger partial charge in [-0.05, 0) is 139 Å². The molecule has 2 fully saturated rings. The largest absolute Gasteiger partial charge is 0.508 e. The quantitative estimate of drug-likeness (QED) is 0.0306. The fourth-order valence-corrected chi connectivity index (χ4v) is 16.7. The third kappa shape index (κ3) is 19.6. The SMILES string of the molecule is Cc1cc(O)nc(SCC2OC(Oc3c4cc5cc3Oc3ccc(cc3Cl)[C@@H](O)[C@@H](NC(=O)[C@@H](C)CC(C)C)C(=O)N[C@@H](CC(N)=O)C(=O)N[C@H]5C(=O)NC3C(=O)N[C@H](C(=O)N[C@@H](C(=O)O)c5cc(O)cc(O)c5-c5cc3ccc5O)[C@H](O)c3ccc(c(Cl)c3)O4)C(OC3CC(C)(NCc4ccc(-c5ccc(Cl)cc5)cc4)C(O)C(C)O3)C(O)C2O)n1. The third-order valence-electron chi connectivity index (χ3n) is 21.5. The highest BCUT2D eigenvalue weighted by atomic mass is 35.5. The van der Waals surface area contributed by atoms with Crippen LogP contribution in [0.5, 0.6) is 51.9 Å². The number of phenols is 3. The number of phenolic OH excluding ortho intramolecular Hbond substituents is 3. The maximum Gasteiger partial charge on any atom is 0.330 e. The summed E-state index contributed by atoms with van der Waals surface area (Å²) >= 11 is 21.5. The monoisotopic (exact) mass is 1760 g/mol. The Morgan fingerprint density at radius 3 is 1.90 bits per heavy atom. The number of rotatable bonds is 18. The van der Waals surface area contributed by atoms with Crippen LogP contribution in [0.3, 0.4) is 0 Å².